The van der Waals surface area contributed by atoms with Crippen LogP contribution < -0.4 is 5.32 Å². The lowest BCUT2D eigenvalue weighted by molar-refractivity contribution is 0.0679. The molecule has 1 unspecified atom stereocenters. The molecule has 0 saturated carbocycles. The van der Waals surface area contributed by atoms with Crippen molar-refractivity contribution in [2.75, 3.05) is 39.0 Å². The number of amides is 1. The third kappa shape index (κ3) is 4.43. The first-order valence-electron chi connectivity index (χ1n) is 7.40. The smallest absolute Gasteiger partial charge is 0.256 e. The number of hydrogen-bond acceptors (Lipinski definition) is 3. The molecule has 1 amide bonds. The average Bonchev–Trinajstić information content (AvgIpc) is 2.41. The van der Waals surface area contributed by atoms with Crippen LogP contribution in [0.5, 0.6) is 0 Å². The Morgan fingerprint density at radius 1 is 1.33 bits per heavy atom. The molecule has 5 heteroatoms. The average molecular weight is 295 g/mol. The van der Waals surface area contributed by atoms with Gasteiger partial charge in [-0.15, -0.1) is 0 Å². The van der Waals surface area contributed by atoms with Crippen molar-refractivity contribution in [1.82, 2.24) is 9.80 Å². The van der Waals surface area contributed by atoms with Crippen molar-refractivity contribution in [2.45, 2.75) is 26.8 Å². The monoisotopic (exact) mass is 295 g/mol. The summed E-state index contributed by atoms with van der Waals surface area (Å²) in [6, 6.07) is 4.69. The lowest BCUT2D eigenvalue weighted by atomic mass is 10.1. The van der Waals surface area contributed by atoms with Crippen molar-refractivity contribution in [3.63, 3.8) is 0 Å². The number of benzene rings is 1. The zero-order chi connectivity index (χ0) is 16.0. The Balaban J connectivity index is 3.08. The van der Waals surface area contributed by atoms with Crippen molar-refractivity contribution >= 4 is 11.6 Å². The van der Waals surface area contributed by atoms with E-state index in [1.807, 2.05) is 39.8 Å². The molecule has 1 aromatic carbocycles. The number of nitrogens with zero attached hydrogens (tertiary/aromatic N) is 2. The number of para-hydroxylation sites is 1. The minimum Gasteiger partial charge on any atom is -0.382 e. The van der Waals surface area contributed by atoms with Crippen LogP contribution in [0.1, 0.15) is 31.1 Å². The number of likely N-dealkylation sites (N-methyl/N-ethyl adjacent to an activating group) is 2. The summed E-state index contributed by atoms with van der Waals surface area (Å²) in [5.41, 5.74) is 0.685. The van der Waals surface area contributed by atoms with Gasteiger partial charge in [0.15, 0.2) is 0 Å². The van der Waals surface area contributed by atoms with E-state index >= 15 is 0 Å². The molecule has 0 aliphatic heterocycles. The highest BCUT2D eigenvalue weighted by Gasteiger charge is 2.23. The highest BCUT2D eigenvalue weighted by molar-refractivity contribution is 5.99. The predicted octanol–water partition coefficient (Wildman–Crippen LogP) is 2.67. The zero-order valence-electron chi connectivity index (χ0n) is 13.6. The van der Waals surface area contributed by atoms with Gasteiger partial charge in [-0.1, -0.05) is 6.07 Å². The van der Waals surface area contributed by atoms with Crippen LogP contribution in [0.4, 0.5) is 10.1 Å². The van der Waals surface area contributed by atoms with Gasteiger partial charge in [0.1, 0.15) is 5.82 Å². The summed E-state index contributed by atoms with van der Waals surface area (Å²) in [5, 5.41) is 2.95. The molecule has 0 fully saturated rings. The largest absolute Gasteiger partial charge is 0.382 e. The molecule has 0 saturated heterocycles. The van der Waals surface area contributed by atoms with Gasteiger partial charge in [0.05, 0.1) is 11.3 Å². The van der Waals surface area contributed by atoms with Gasteiger partial charge in [-0.05, 0) is 47.0 Å². The van der Waals surface area contributed by atoms with Gasteiger partial charge in [0.25, 0.3) is 5.91 Å². The quantitative estimate of drug-likeness (QED) is 0.840. The minimum absolute atomic E-state index is 0.0650. The van der Waals surface area contributed by atoms with Crippen LogP contribution in [0.2, 0.25) is 0 Å². The Morgan fingerprint density at radius 2 is 2.00 bits per heavy atom. The van der Waals surface area contributed by atoms with Crippen molar-refractivity contribution in [3.05, 3.63) is 29.6 Å². The van der Waals surface area contributed by atoms with E-state index in [0.29, 0.717) is 24.3 Å². The predicted molar refractivity (Wildman–Crippen MR) is 85.3 cm³/mol. The maximum Gasteiger partial charge on any atom is 0.256 e. The van der Waals surface area contributed by atoms with E-state index in [0.717, 1.165) is 6.54 Å². The second kappa shape index (κ2) is 7.98. The van der Waals surface area contributed by atoms with Crippen LogP contribution in [-0.2, 0) is 0 Å². The summed E-state index contributed by atoms with van der Waals surface area (Å²) >= 11 is 0. The maximum absolute atomic E-state index is 13.9. The molecular weight excluding hydrogens is 269 g/mol. The van der Waals surface area contributed by atoms with Gasteiger partial charge in [-0.2, -0.15) is 0 Å². The Kier molecular flexibility index (Phi) is 6.62. The van der Waals surface area contributed by atoms with Gasteiger partial charge < -0.3 is 15.1 Å². The molecule has 1 aromatic rings. The van der Waals surface area contributed by atoms with Crippen molar-refractivity contribution in [2.24, 2.45) is 0 Å². The highest BCUT2D eigenvalue weighted by Crippen LogP contribution is 2.22. The fourth-order valence-corrected chi connectivity index (χ4v) is 2.50. The van der Waals surface area contributed by atoms with E-state index in [4.69, 9.17) is 0 Å². The second-order valence-corrected chi connectivity index (χ2v) is 5.40. The standard InChI is InChI=1S/C16H26FN3O/c1-6-18-15-13(9-8-10-14(15)17)16(21)20(7-2)12(3)11-19(4)5/h8-10,12,18H,6-7,11H2,1-5H3. The maximum atomic E-state index is 13.9. The van der Waals surface area contributed by atoms with Gasteiger partial charge in [0, 0.05) is 25.7 Å². The summed E-state index contributed by atoms with van der Waals surface area (Å²) < 4.78 is 13.9. The fourth-order valence-electron chi connectivity index (χ4n) is 2.50. The molecule has 0 aromatic heterocycles. The molecule has 4 nitrogen and oxygen atoms in total. The van der Waals surface area contributed by atoms with Crippen molar-refractivity contribution < 1.29 is 9.18 Å². The first kappa shape index (κ1) is 17.4. The van der Waals surface area contributed by atoms with Crippen LogP contribution in [0.3, 0.4) is 0 Å². The SMILES string of the molecule is CCNc1c(F)cccc1C(=O)N(CC)C(C)CN(C)C. The van der Waals surface area contributed by atoms with E-state index < -0.39 is 0 Å². The number of anilines is 1. The second-order valence-electron chi connectivity index (χ2n) is 5.40. The van der Waals surface area contributed by atoms with Crippen LogP contribution in [0, 0.1) is 5.82 Å². The molecule has 0 heterocycles. The van der Waals surface area contributed by atoms with E-state index in [-0.39, 0.29) is 17.8 Å². The summed E-state index contributed by atoms with van der Waals surface area (Å²) in [6.45, 7) is 7.76. The molecule has 1 rings (SSSR count). The lowest BCUT2D eigenvalue weighted by Gasteiger charge is -2.30. The third-order valence-electron chi connectivity index (χ3n) is 3.36. The van der Waals surface area contributed by atoms with Gasteiger partial charge in [0.2, 0.25) is 0 Å². The van der Waals surface area contributed by atoms with Crippen molar-refractivity contribution in [3.8, 4) is 0 Å². The molecule has 118 valence electrons. The van der Waals surface area contributed by atoms with Crippen molar-refractivity contribution in [1.29, 1.82) is 0 Å². The van der Waals surface area contributed by atoms with Crippen LogP contribution >= 0.6 is 0 Å². The molecule has 0 spiro atoms. The zero-order valence-corrected chi connectivity index (χ0v) is 13.6. The Morgan fingerprint density at radius 3 is 2.52 bits per heavy atom. The summed E-state index contributed by atoms with van der Waals surface area (Å²) in [7, 11) is 3.95. The van der Waals surface area contributed by atoms with Gasteiger partial charge >= 0.3 is 0 Å². The topological polar surface area (TPSA) is 35.6 Å². The van der Waals surface area contributed by atoms with Crippen LogP contribution in [-0.4, -0.2) is 55.5 Å². The third-order valence-corrected chi connectivity index (χ3v) is 3.36. The molecule has 0 aliphatic carbocycles. The lowest BCUT2D eigenvalue weighted by Crippen LogP contribution is -2.44. The normalized spacial score (nSPS) is 12.3. The minimum atomic E-state index is -0.390. The number of hydrogen-bond donors (Lipinski definition) is 1. The van der Waals surface area contributed by atoms with Crippen LogP contribution in [0.15, 0.2) is 18.2 Å². The number of carbonyl (C=O) groups is 1. The molecule has 1 N–H and O–H groups in total. The number of rotatable bonds is 7. The molecule has 0 radical (unpaired) electrons. The molecular formula is C16H26FN3O. The van der Waals surface area contributed by atoms with E-state index in [1.165, 1.54) is 6.07 Å². The molecule has 0 aliphatic rings. The summed E-state index contributed by atoms with van der Waals surface area (Å²) in [6.07, 6.45) is 0. The fraction of sp³-hybridized carbons (Fsp3) is 0.562. The molecule has 0 bridgehead atoms. The van der Waals surface area contributed by atoms with Gasteiger partial charge in [-0.3, -0.25) is 4.79 Å². The first-order valence-corrected chi connectivity index (χ1v) is 7.40. The van der Waals surface area contributed by atoms with Crippen LogP contribution in [0.25, 0.3) is 0 Å². The van der Waals surface area contributed by atoms with Gasteiger partial charge in [-0.25, -0.2) is 4.39 Å². The number of halogens is 1. The molecule has 1 atom stereocenters. The van der Waals surface area contributed by atoms with E-state index in [2.05, 4.69) is 5.32 Å². The Hall–Kier alpha value is -1.62. The summed E-state index contributed by atoms with van der Waals surface area (Å²) in [4.78, 5) is 16.6. The summed E-state index contributed by atoms with van der Waals surface area (Å²) in [5.74, 6) is -0.527. The van der Waals surface area contributed by atoms with E-state index in [9.17, 15) is 9.18 Å². The highest BCUT2D eigenvalue weighted by atomic mass is 19.1. The van der Waals surface area contributed by atoms with E-state index in [1.54, 1.807) is 17.0 Å². The number of nitrogens with one attached hydrogen (secondary N) is 1. The Bertz CT molecular complexity index is 477. The Labute approximate surface area is 126 Å². The molecule has 21 heavy (non-hydrogen) atoms. The first-order chi connectivity index (χ1) is 9.92. The number of carbonyl (C=O) groups excluding carboxylic acids is 1.